The molecule has 1 aromatic carbocycles. The van der Waals surface area contributed by atoms with E-state index in [1.54, 1.807) is 38.1 Å². The quantitative estimate of drug-likeness (QED) is 0.506. The third-order valence-corrected chi connectivity index (χ3v) is 5.05. The molecular weight excluding hydrogens is 394 g/mol. The van der Waals surface area contributed by atoms with Crippen LogP contribution in [0.15, 0.2) is 59.9 Å². The Balaban J connectivity index is 2.09. The Hall–Kier alpha value is -3.35. The minimum absolute atomic E-state index is 0.159. The molecule has 31 heavy (non-hydrogen) atoms. The van der Waals surface area contributed by atoms with Gasteiger partial charge in [-0.1, -0.05) is 44.2 Å². The summed E-state index contributed by atoms with van der Waals surface area (Å²) in [4.78, 5) is 49.4. The van der Waals surface area contributed by atoms with E-state index >= 15 is 0 Å². The van der Waals surface area contributed by atoms with Crippen molar-refractivity contribution >= 4 is 23.5 Å². The molecular formula is C24H27N3O4. The van der Waals surface area contributed by atoms with Gasteiger partial charge in [0.2, 0.25) is 5.91 Å². The number of ether oxygens (including phenoxy) is 1. The summed E-state index contributed by atoms with van der Waals surface area (Å²) in [6.07, 6.45) is 2.78. The van der Waals surface area contributed by atoms with E-state index in [0.29, 0.717) is 17.0 Å². The highest BCUT2D eigenvalue weighted by Crippen LogP contribution is 2.30. The zero-order valence-electron chi connectivity index (χ0n) is 18.2. The molecule has 0 bridgehead atoms. The molecule has 0 saturated carbocycles. The molecule has 162 valence electrons. The van der Waals surface area contributed by atoms with E-state index < -0.39 is 17.9 Å². The van der Waals surface area contributed by atoms with Crippen molar-refractivity contribution in [1.29, 1.82) is 0 Å². The van der Waals surface area contributed by atoms with Crippen LogP contribution in [0.3, 0.4) is 0 Å². The maximum Gasteiger partial charge on any atom is 0.326 e. The fraction of sp³-hybridized carbons (Fsp3) is 0.375. The number of benzene rings is 1. The number of esters is 1. The van der Waals surface area contributed by atoms with Crippen molar-refractivity contribution in [3.63, 3.8) is 0 Å². The molecule has 7 nitrogen and oxygen atoms in total. The smallest absolute Gasteiger partial charge is 0.326 e. The number of amidine groups is 1. The topological polar surface area (TPSA) is 88.9 Å². The second kappa shape index (κ2) is 9.64. The highest BCUT2D eigenvalue weighted by Gasteiger charge is 2.44. The monoisotopic (exact) mass is 421 g/mol. The molecule has 0 fully saturated rings. The molecule has 2 unspecified atom stereocenters. The van der Waals surface area contributed by atoms with Crippen LogP contribution in [0.4, 0.5) is 0 Å². The normalized spacial score (nSPS) is 18.8. The fourth-order valence-electron chi connectivity index (χ4n) is 3.66. The summed E-state index contributed by atoms with van der Waals surface area (Å²) in [7, 11) is 0. The number of nitrogens with zero attached hydrogens (tertiary/aromatic N) is 3. The van der Waals surface area contributed by atoms with Crippen LogP contribution in [0.2, 0.25) is 0 Å². The molecule has 2 aromatic rings. The van der Waals surface area contributed by atoms with Crippen LogP contribution in [0.25, 0.3) is 0 Å². The predicted molar refractivity (Wildman–Crippen MR) is 117 cm³/mol. The van der Waals surface area contributed by atoms with E-state index in [4.69, 9.17) is 9.73 Å². The van der Waals surface area contributed by atoms with Crippen molar-refractivity contribution < 1.29 is 19.1 Å². The first kappa shape index (κ1) is 22.3. The number of aliphatic imine (C=N–C) groups is 1. The van der Waals surface area contributed by atoms with Gasteiger partial charge in [-0.25, -0.2) is 0 Å². The molecule has 0 saturated heterocycles. The number of Topliss-reactive ketones (excluding diaryl/α,β-unsaturated/α-hetero) is 1. The van der Waals surface area contributed by atoms with Gasteiger partial charge in [-0.2, -0.15) is 0 Å². The Morgan fingerprint density at radius 2 is 1.68 bits per heavy atom. The second-order valence-electron chi connectivity index (χ2n) is 8.10. The first-order valence-electron chi connectivity index (χ1n) is 10.4. The molecule has 0 radical (unpaired) electrons. The van der Waals surface area contributed by atoms with E-state index in [2.05, 4.69) is 4.98 Å². The third-order valence-electron chi connectivity index (χ3n) is 5.05. The number of pyridine rings is 1. The molecule has 3 rings (SSSR count). The molecule has 2 atom stereocenters. The summed E-state index contributed by atoms with van der Waals surface area (Å²) in [6, 6.07) is 11.4. The Bertz CT molecular complexity index is 971. The lowest BCUT2D eigenvalue weighted by atomic mass is 9.82. The SMILES string of the molecule is CC(C)OC(=O)CN1C(=O)C(C(C)C)C(C(=O)c2ccncc2)N=C1c1ccccc1. The molecule has 1 aliphatic rings. The lowest BCUT2D eigenvalue weighted by molar-refractivity contribution is -0.151. The summed E-state index contributed by atoms with van der Waals surface area (Å²) in [5.74, 6) is -1.62. The first-order valence-corrected chi connectivity index (χ1v) is 10.4. The van der Waals surface area contributed by atoms with Crippen molar-refractivity contribution in [3.05, 3.63) is 66.0 Å². The van der Waals surface area contributed by atoms with Gasteiger partial charge in [-0.05, 0) is 31.9 Å². The highest BCUT2D eigenvalue weighted by molar-refractivity contribution is 6.15. The molecule has 1 amide bonds. The van der Waals surface area contributed by atoms with Gasteiger partial charge in [0, 0.05) is 23.5 Å². The number of ketones is 1. The van der Waals surface area contributed by atoms with Crippen LogP contribution >= 0.6 is 0 Å². The van der Waals surface area contributed by atoms with Gasteiger partial charge in [-0.15, -0.1) is 0 Å². The number of hydrogen-bond acceptors (Lipinski definition) is 6. The van der Waals surface area contributed by atoms with Gasteiger partial charge < -0.3 is 4.74 Å². The van der Waals surface area contributed by atoms with E-state index in [1.807, 2.05) is 32.0 Å². The van der Waals surface area contributed by atoms with Gasteiger partial charge in [0.15, 0.2) is 5.78 Å². The molecule has 7 heteroatoms. The van der Waals surface area contributed by atoms with Gasteiger partial charge in [-0.3, -0.25) is 29.3 Å². The van der Waals surface area contributed by atoms with Crippen molar-refractivity contribution in [3.8, 4) is 0 Å². The minimum Gasteiger partial charge on any atom is -0.462 e. The van der Waals surface area contributed by atoms with E-state index in [9.17, 15) is 14.4 Å². The van der Waals surface area contributed by atoms with Crippen molar-refractivity contribution in [1.82, 2.24) is 9.88 Å². The van der Waals surface area contributed by atoms with Crippen LogP contribution in [-0.4, -0.2) is 52.1 Å². The Kier molecular flexibility index (Phi) is 6.95. The second-order valence-corrected chi connectivity index (χ2v) is 8.10. The zero-order chi connectivity index (χ0) is 22.5. The summed E-state index contributed by atoms with van der Waals surface area (Å²) < 4.78 is 5.26. The minimum atomic E-state index is -0.887. The van der Waals surface area contributed by atoms with Gasteiger partial charge in [0.05, 0.1) is 12.0 Å². The number of hydrogen-bond donors (Lipinski definition) is 0. The summed E-state index contributed by atoms with van der Waals surface area (Å²) >= 11 is 0. The van der Waals surface area contributed by atoms with Crippen LogP contribution in [0.1, 0.15) is 43.6 Å². The van der Waals surface area contributed by atoms with Crippen molar-refractivity contribution in [2.75, 3.05) is 6.54 Å². The number of carbonyl (C=O) groups is 3. The average molecular weight is 421 g/mol. The summed E-state index contributed by atoms with van der Waals surface area (Å²) in [5.41, 5.74) is 1.10. The maximum absolute atomic E-state index is 13.6. The Labute approximate surface area is 182 Å². The zero-order valence-corrected chi connectivity index (χ0v) is 18.2. The predicted octanol–water partition coefficient (Wildman–Crippen LogP) is 3.15. The molecule has 1 aliphatic heterocycles. The molecule has 0 N–H and O–H groups in total. The van der Waals surface area contributed by atoms with E-state index in [1.165, 1.54) is 17.3 Å². The highest BCUT2D eigenvalue weighted by atomic mass is 16.5. The lowest BCUT2D eigenvalue weighted by Gasteiger charge is -2.37. The largest absolute Gasteiger partial charge is 0.462 e. The van der Waals surface area contributed by atoms with Crippen LogP contribution in [0, 0.1) is 11.8 Å². The molecule has 0 aliphatic carbocycles. The molecule has 0 spiro atoms. The van der Waals surface area contributed by atoms with Gasteiger partial charge >= 0.3 is 5.97 Å². The van der Waals surface area contributed by atoms with Crippen molar-refractivity contribution in [2.24, 2.45) is 16.8 Å². The summed E-state index contributed by atoms with van der Waals surface area (Å²) in [5, 5.41) is 0. The van der Waals surface area contributed by atoms with Crippen LogP contribution in [-0.2, 0) is 14.3 Å². The lowest BCUT2D eigenvalue weighted by Crippen LogP contribution is -2.54. The molecule has 1 aromatic heterocycles. The van der Waals surface area contributed by atoms with Gasteiger partial charge in [0.1, 0.15) is 18.4 Å². The fourth-order valence-corrected chi connectivity index (χ4v) is 3.66. The summed E-state index contributed by atoms with van der Waals surface area (Å²) in [6.45, 7) is 7.00. The Morgan fingerprint density at radius 1 is 1.03 bits per heavy atom. The van der Waals surface area contributed by atoms with E-state index in [-0.39, 0.29) is 30.3 Å². The number of rotatable bonds is 7. The first-order chi connectivity index (χ1) is 14.8. The van der Waals surface area contributed by atoms with E-state index in [0.717, 1.165) is 0 Å². The Morgan fingerprint density at radius 3 is 2.26 bits per heavy atom. The maximum atomic E-state index is 13.6. The van der Waals surface area contributed by atoms with Gasteiger partial charge in [0.25, 0.3) is 0 Å². The molecule has 2 heterocycles. The van der Waals surface area contributed by atoms with Crippen LogP contribution < -0.4 is 0 Å². The number of carbonyl (C=O) groups excluding carboxylic acids is 3. The average Bonchev–Trinajstić information content (AvgIpc) is 2.74. The van der Waals surface area contributed by atoms with Crippen LogP contribution in [0.5, 0.6) is 0 Å². The standard InChI is InChI=1S/C24H27N3O4/c1-15(2)20-21(22(29)17-10-12-25-13-11-17)26-23(18-8-6-5-7-9-18)27(24(20)30)14-19(28)31-16(3)4/h5-13,15-16,20-21H,14H2,1-4H3. The number of amides is 1. The third kappa shape index (κ3) is 5.05. The number of aromatic nitrogens is 1. The van der Waals surface area contributed by atoms with Crippen molar-refractivity contribution in [2.45, 2.75) is 39.8 Å².